The predicted octanol–water partition coefficient (Wildman–Crippen LogP) is 3.71. The fourth-order valence-corrected chi connectivity index (χ4v) is 3.53. The minimum absolute atomic E-state index is 0.0378. The number of carboxylic acid groups (broad SMARTS) is 1. The Labute approximate surface area is 191 Å². The van der Waals surface area contributed by atoms with E-state index in [0.29, 0.717) is 0 Å². The van der Waals surface area contributed by atoms with Gasteiger partial charge in [-0.15, -0.1) is 0 Å². The van der Waals surface area contributed by atoms with Crippen LogP contribution in [-0.4, -0.2) is 30.9 Å². The maximum absolute atomic E-state index is 14.6. The van der Waals surface area contributed by atoms with Crippen LogP contribution in [-0.2, 0) is 18.0 Å². The van der Waals surface area contributed by atoms with Crippen molar-refractivity contribution in [1.82, 2.24) is 14.1 Å². The number of hydrogen-bond donors (Lipinski definition) is 1. The van der Waals surface area contributed by atoms with Gasteiger partial charge in [0.2, 0.25) is 0 Å². The Morgan fingerprint density at radius 1 is 1.24 bits per heavy atom. The molecule has 0 aliphatic rings. The molecule has 0 fully saturated rings. The van der Waals surface area contributed by atoms with Crippen LogP contribution in [0.5, 0.6) is 11.5 Å². The van der Waals surface area contributed by atoms with Crippen molar-refractivity contribution in [2.24, 2.45) is 7.05 Å². The number of rotatable bonds is 6. The highest BCUT2D eigenvalue weighted by Crippen LogP contribution is 2.36. The summed E-state index contributed by atoms with van der Waals surface area (Å²) >= 11 is 6.84. The van der Waals surface area contributed by atoms with Gasteiger partial charge in [-0.3, -0.25) is 14.2 Å². The van der Waals surface area contributed by atoms with Gasteiger partial charge in [-0.25, -0.2) is 18.7 Å². The quantitative estimate of drug-likeness (QED) is 0.402. The molecule has 33 heavy (non-hydrogen) atoms. The maximum atomic E-state index is 14.6. The summed E-state index contributed by atoms with van der Waals surface area (Å²) in [6, 6.07) is 4.63. The molecule has 0 saturated carbocycles. The van der Waals surface area contributed by atoms with Gasteiger partial charge >= 0.3 is 17.8 Å². The number of alkyl halides is 3. The second-order valence-electron chi connectivity index (χ2n) is 6.37. The Bertz CT molecular complexity index is 1360. The second-order valence-corrected chi connectivity index (χ2v) is 7.74. The molecule has 14 heteroatoms. The zero-order valence-corrected chi connectivity index (χ0v) is 18.0. The first kappa shape index (κ1) is 24.3. The average molecular weight is 506 g/mol. The van der Waals surface area contributed by atoms with Gasteiger partial charge in [0.15, 0.2) is 5.75 Å². The summed E-state index contributed by atoms with van der Waals surface area (Å²) in [5.74, 6) is -2.84. The molecule has 2 heterocycles. The lowest BCUT2D eigenvalue weighted by Crippen LogP contribution is -2.41. The molecule has 0 aliphatic carbocycles. The fraction of sp³-hybridized carbons (Fsp3) is 0.158. The SMILES string of the molecule is Cn1c(C(F)(F)F)cc(=O)n(-c2cc(Oc3cccnc3SCC(=O)O)c(Cl)cc2F)c1=O. The van der Waals surface area contributed by atoms with Gasteiger partial charge in [0.05, 0.1) is 16.5 Å². The molecule has 8 nitrogen and oxygen atoms in total. The van der Waals surface area contributed by atoms with Gasteiger partial charge in [0.1, 0.15) is 22.3 Å². The molecule has 0 amide bonds. The summed E-state index contributed by atoms with van der Waals surface area (Å²) < 4.78 is 59.8. The van der Waals surface area contributed by atoms with Crippen molar-refractivity contribution in [3.63, 3.8) is 0 Å². The van der Waals surface area contributed by atoms with Crippen molar-refractivity contribution in [1.29, 1.82) is 0 Å². The molecule has 0 radical (unpaired) electrons. The summed E-state index contributed by atoms with van der Waals surface area (Å²) in [7, 11) is 0.786. The van der Waals surface area contributed by atoms with Crippen molar-refractivity contribution in [2.75, 3.05) is 5.75 Å². The zero-order chi connectivity index (χ0) is 24.5. The normalized spacial score (nSPS) is 11.5. The lowest BCUT2D eigenvalue weighted by Gasteiger charge is -2.16. The van der Waals surface area contributed by atoms with E-state index in [-0.39, 0.29) is 42.5 Å². The molecule has 0 spiro atoms. The van der Waals surface area contributed by atoms with E-state index in [9.17, 15) is 31.9 Å². The van der Waals surface area contributed by atoms with E-state index in [2.05, 4.69) is 4.98 Å². The number of ether oxygens (including phenoxy) is 1. The van der Waals surface area contributed by atoms with Gasteiger partial charge in [-0.05, 0) is 18.2 Å². The highest BCUT2D eigenvalue weighted by Gasteiger charge is 2.35. The van der Waals surface area contributed by atoms with Crippen LogP contribution in [0.15, 0.2) is 51.1 Å². The number of aromatic nitrogens is 3. The molecule has 174 valence electrons. The zero-order valence-electron chi connectivity index (χ0n) is 16.4. The standard InChI is InChI=1S/C19H12ClF4N3O5S/c1-26-14(19(22,23)24)7-15(28)27(18(26)31)11-6-13(9(20)5-10(11)21)32-12-3-2-4-25-17(12)33-8-16(29)30/h2-7H,8H2,1H3,(H,29,30). The third-order valence-corrected chi connectivity index (χ3v) is 5.41. The van der Waals surface area contributed by atoms with Crippen LogP contribution in [0.4, 0.5) is 17.6 Å². The summed E-state index contributed by atoms with van der Waals surface area (Å²) in [5, 5.41) is 8.72. The van der Waals surface area contributed by atoms with Crippen LogP contribution >= 0.6 is 23.4 Å². The van der Waals surface area contributed by atoms with Crippen LogP contribution in [0.3, 0.4) is 0 Å². The summed E-state index contributed by atoms with van der Waals surface area (Å²) in [6.07, 6.45) is -3.61. The molecule has 0 atom stereocenters. The molecular weight excluding hydrogens is 494 g/mol. The predicted molar refractivity (Wildman–Crippen MR) is 110 cm³/mol. The number of hydrogen-bond acceptors (Lipinski definition) is 6. The molecule has 0 aliphatic heterocycles. The fourth-order valence-electron chi connectivity index (χ4n) is 2.70. The van der Waals surface area contributed by atoms with Crippen molar-refractivity contribution in [3.05, 3.63) is 73.9 Å². The molecule has 3 rings (SSSR count). The largest absolute Gasteiger partial charge is 0.481 e. The number of benzene rings is 1. The van der Waals surface area contributed by atoms with Gasteiger partial charge < -0.3 is 9.84 Å². The van der Waals surface area contributed by atoms with Crippen molar-refractivity contribution < 1.29 is 32.2 Å². The van der Waals surface area contributed by atoms with E-state index in [0.717, 1.165) is 30.9 Å². The molecule has 1 aromatic carbocycles. The molecular formula is C19H12ClF4N3O5S. The number of halogens is 5. The Morgan fingerprint density at radius 3 is 2.58 bits per heavy atom. The minimum atomic E-state index is -4.98. The summed E-state index contributed by atoms with van der Waals surface area (Å²) in [5.41, 5.74) is -5.06. The summed E-state index contributed by atoms with van der Waals surface area (Å²) in [4.78, 5) is 39.6. The molecule has 0 bridgehead atoms. The number of aliphatic carboxylic acids is 1. The first-order valence-corrected chi connectivity index (χ1v) is 10.1. The first-order chi connectivity index (χ1) is 15.4. The number of carbonyl (C=O) groups is 1. The van der Waals surface area contributed by atoms with E-state index in [4.69, 9.17) is 21.4 Å². The number of nitrogens with zero attached hydrogens (tertiary/aromatic N) is 3. The topological polar surface area (TPSA) is 103 Å². The lowest BCUT2D eigenvalue weighted by molar-refractivity contribution is -0.144. The van der Waals surface area contributed by atoms with Crippen LogP contribution in [0.2, 0.25) is 5.02 Å². The molecule has 1 N–H and O–H groups in total. The van der Waals surface area contributed by atoms with Gasteiger partial charge in [0, 0.05) is 25.4 Å². The Morgan fingerprint density at radius 2 is 1.94 bits per heavy atom. The molecule has 0 unspecified atom stereocenters. The maximum Gasteiger partial charge on any atom is 0.431 e. The third-order valence-electron chi connectivity index (χ3n) is 4.14. The number of thioether (sulfide) groups is 1. The van der Waals surface area contributed by atoms with Gasteiger partial charge in [-0.2, -0.15) is 13.2 Å². The summed E-state index contributed by atoms with van der Waals surface area (Å²) in [6.45, 7) is 0. The molecule has 2 aromatic heterocycles. The Hall–Kier alpha value is -3.32. The van der Waals surface area contributed by atoms with Crippen LogP contribution in [0.1, 0.15) is 5.69 Å². The minimum Gasteiger partial charge on any atom is -0.481 e. The Balaban J connectivity index is 2.12. The van der Waals surface area contributed by atoms with Crippen molar-refractivity contribution >= 4 is 29.3 Å². The molecule has 3 aromatic rings. The van der Waals surface area contributed by atoms with Gasteiger partial charge in [0.25, 0.3) is 5.56 Å². The highest BCUT2D eigenvalue weighted by molar-refractivity contribution is 8.00. The number of pyridine rings is 1. The Kier molecular flexibility index (Phi) is 6.84. The smallest absolute Gasteiger partial charge is 0.431 e. The second kappa shape index (κ2) is 9.27. The van der Waals surface area contributed by atoms with E-state index in [1.807, 2.05) is 0 Å². The van der Waals surface area contributed by atoms with E-state index in [1.165, 1.54) is 18.3 Å². The van der Waals surface area contributed by atoms with E-state index < -0.39 is 40.6 Å². The van der Waals surface area contributed by atoms with E-state index >= 15 is 0 Å². The lowest BCUT2D eigenvalue weighted by atomic mass is 10.2. The molecule has 0 saturated heterocycles. The number of carboxylic acids is 1. The van der Waals surface area contributed by atoms with Crippen molar-refractivity contribution in [3.8, 4) is 17.2 Å². The van der Waals surface area contributed by atoms with Crippen molar-refractivity contribution in [2.45, 2.75) is 11.2 Å². The first-order valence-electron chi connectivity index (χ1n) is 8.77. The van der Waals surface area contributed by atoms with Crippen LogP contribution in [0.25, 0.3) is 5.69 Å². The third kappa shape index (κ3) is 5.20. The highest BCUT2D eigenvalue weighted by atomic mass is 35.5. The average Bonchev–Trinajstić information content (AvgIpc) is 2.72. The van der Waals surface area contributed by atoms with Crippen LogP contribution in [0, 0.1) is 5.82 Å². The van der Waals surface area contributed by atoms with E-state index in [1.54, 1.807) is 0 Å². The monoisotopic (exact) mass is 505 g/mol. The van der Waals surface area contributed by atoms with Crippen LogP contribution < -0.4 is 16.0 Å². The van der Waals surface area contributed by atoms with Gasteiger partial charge in [-0.1, -0.05) is 23.4 Å².